The van der Waals surface area contributed by atoms with Gasteiger partial charge in [-0.3, -0.25) is 24.6 Å². The predicted octanol–water partition coefficient (Wildman–Crippen LogP) is 2.86. The minimum Gasteiger partial charge on any atom is -0.356 e. The van der Waals surface area contributed by atoms with E-state index in [1.54, 1.807) is 19.1 Å². The van der Waals surface area contributed by atoms with Crippen LogP contribution in [0.25, 0.3) is 0 Å². The van der Waals surface area contributed by atoms with E-state index in [2.05, 4.69) is 17.6 Å². The highest BCUT2D eigenvalue weighted by molar-refractivity contribution is 5.92. The van der Waals surface area contributed by atoms with Gasteiger partial charge < -0.3 is 10.6 Å². The number of hydrogen-bond acceptors (Lipinski definition) is 5. The Kier molecular flexibility index (Phi) is 8.38. The second-order valence-electron chi connectivity index (χ2n) is 7.36. The molecule has 0 aromatic heterocycles. The fourth-order valence-corrected chi connectivity index (χ4v) is 3.37. The van der Waals surface area contributed by atoms with Crippen LogP contribution in [-0.2, 0) is 9.59 Å². The van der Waals surface area contributed by atoms with Crippen molar-refractivity contribution in [3.8, 4) is 0 Å². The number of nitro groups is 1. The van der Waals surface area contributed by atoms with Crippen molar-refractivity contribution in [3.05, 3.63) is 33.9 Å². The van der Waals surface area contributed by atoms with E-state index in [1.165, 1.54) is 6.07 Å². The number of rotatable bonds is 9. The van der Waals surface area contributed by atoms with Crippen molar-refractivity contribution >= 4 is 23.2 Å². The lowest BCUT2D eigenvalue weighted by Crippen LogP contribution is -2.43. The first-order valence-corrected chi connectivity index (χ1v) is 9.95. The third-order valence-electron chi connectivity index (χ3n) is 5.09. The van der Waals surface area contributed by atoms with E-state index in [9.17, 15) is 19.7 Å². The second kappa shape index (κ2) is 10.8. The Hall–Kier alpha value is -2.48. The van der Waals surface area contributed by atoms with Crippen molar-refractivity contribution in [1.82, 2.24) is 10.2 Å². The first-order chi connectivity index (χ1) is 13.4. The molecule has 0 radical (unpaired) electrons. The maximum atomic E-state index is 12.3. The molecule has 1 saturated heterocycles. The minimum atomic E-state index is -0.455. The van der Waals surface area contributed by atoms with E-state index in [1.807, 2.05) is 4.90 Å². The van der Waals surface area contributed by atoms with Crippen LogP contribution < -0.4 is 10.6 Å². The molecule has 1 heterocycles. The smallest absolute Gasteiger partial charge is 0.274 e. The predicted molar refractivity (Wildman–Crippen MR) is 108 cm³/mol. The Bertz CT molecular complexity index is 699. The van der Waals surface area contributed by atoms with Crippen LogP contribution in [-0.4, -0.2) is 47.8 Å². The SMILES string of the molecule is CCCCCNC(=O)C1CCN(CC(=O)Nc2ccc(C)c([N+](=O)[O-])c2)CC1. The Balaban J connectivity index is 1.75. The zero-order valence-electron chi connectivity index (χ0n) is 16.7. The van der Waals surface area contributed by atoms with Crippen molar-refractivity contribution in [3.63, 3.8) is 0 Å². The average Bonchev–Trinajstić information content (AvgIpc) is 2.67. The van der Waals surface area contributed by atoms with Crippen LogP contribution in [0.5, 0.6) is 0 Å². The standard InChI is InChI=1S/C20H30N4O4/c1-3-4-5-10-21-20(26)16-8-11-23(12-9-16)14-19(25)22-17-7-6-15(2)18(13-17)24(27)28/h6-7,13,16H,3-5,8-12,14H2,1-2H3,(H,21,26)(H,22,25). The van der Waals surface area contributed by atoms with Crippen LogP contribution >= 0.6 is 0 Å². The van der Waals surface area contributed by atoms with Gasteiger partial charge in [-0.25, -0.2) is 0 Å². The quantitative estimate of drug-likeness (QED) is 0.383. The average molecular weight is 390 g/mol. The largest absolute Gasteiger partial charge is 0.356 e. The number of likely N-dealkylation sites (tertiary alicyclic amines) is 1. The highest BCUT2D eigenvalue weighted by Crippen LogP contribution is 2.22. The molecule has 1 fully saturated rings. The van der Waals surface area contributed by atoms with Crippen molar-refractivity contribution in [2.24, 2.45) is 5.92 Å². The molecule has 0 unspecified atom stereocenters. The Morgan fingerprint density at radius 3 is 2.61 bits per heavy atom. The fourth-order valence-electron chi connectivity index (χ4n) is 3.37. The van der Waals surface area contributed by atoms with Crippen molar-refractivity contribution in [2.75, 3.05) is 31.5 Å². The van der Waals surface area contributed by atoms with Gasteiger partial charge in [0.15, 0.2) is 0 Å². The van der Waals surface area contributed by atoms with Crippen LogP contribution in [0.1, 0.15) is 44.6 Å². The summed E-state index contributed by atoms with van der Waals surface area (Å²) in [6.07, 6.45) is 4.74. The Morgan fingerprint density at radius 2 is 1.96 bits per heavy atom. The van der Waals surface area contributed by atoms with Crippen LogP contribution in [0.3, 0.4) is 0 Å². The highest BCUT2D eigenvalue weighted by atomic mass is 16.6. The highest BCUT2D eigenvalue weighted by Gasteiger charge is 2.25. The molecule has 0 spiro atoms. The lowest BCUT2D eigenvalue weighted by atomic mass is 9.96. The lowest BCUT2D eigenvalue weighted by Gasteiger charge is -2.30. The molecular weight excluding hydrogens is 360 g/mol. The van der Waals surface area contributed by atoms with Crippen LogP contribution in [0.4, 0.5) is 11.4 Å². The molecule has 1 aromatic carbocycles. The van der Waals surface area contributed by atoms with Crippen LogP contribution in [0.2, 0.25) is 0 Å². The molecule has 8 heteroatoms. The van der Waals surface area contributed by atoms with Gasteiger partial charge in [-0.05, 0) is 45.3 Å². The summed E-state index contributed by atoms with van der Waals surface area (Å²) >= 11 is 0. The van der Waals surface area contributed by atoms with E-state index in [4.69, 9.17) is 0 Å². The van der Waals surface area contributed by atoms with Gasteiger partial charge in [0.25, 0.3) is 5.69 Å². The molecule has 1 aromatic rings. The molecule has 0 aliphatic carbocycles. The topological polar surface area (TPSA) is 105 Å². The summed E-state index contributed by atoms with van der Waals surface area (Å²) in [6, 6.07) is 4.66. The maximum absolute atomic E-state index is 12.3. The van der Waals surface area contributed by atoms with Crippen LogP contribution in [0, 0.1) is 23.0 Å². The number of nitro benzene ring substituents is 1. The molecule has 2 N–H and O–H groups in total. The number of unbranched alkanes of at least 4 members (excludes halogenated alkanes) is 2. The zero-order valence-corrected chi connectivity index (χ0v) is 16.7. The van der Waals surface area contributed by atoms with Crippen molar-refractivity contribution < 1.29 is 14.5 Å². The van der Waals surface area contributed by atoms with Gasteiger partial charge in [-0.1, -0.05) is 25.8 Å². The summed E-state index contributed by atoms with van der Waals surface area (Å²) in [4.78, 5) is 37.0. The number of nitrogens with one attached hydrogen (secondary N) is 2. The third kappa shape index (κ3) is 6.60. The number of hydrogen-bond donors (Lipinski definition) is 2. The van der Waals surface area contributed by atoms with E-state index in [0.29, 0.717) is 24.3 Å². The van der Waals surface area contributed by atoms with Gasteiger partial charge in [0.1, 0.15) is 0 Å². The first kappa shape index (κ1) is 21.8. The maximum Gasteiger partial charge on any atom is 0.274 e. The van der Waals surface area contributed by atoms with E-state index in [0.717, 1.165) is 38.6 Å². The van der Waals surface area contributed by atoms with Crippen molar-refractivity contribution in [2.45, 2.75) is 46.0 Å². The summed E-state index contributed by atoms with van der Waals surface area (Å²) < 4.78 is 0. The van der Waals surface area contributed by atoms with Crippen LogP contribution in [0.15, 0.2) is 18.2 Å². The molecule has 0 saturated carbocycles. The summed E-state index contributed by atoms with van der Waals surface area (Å²) in [5.41, 5.74) is 0.963. The minimum absolute atomic E-state index is 0.0106. The molecule has 2 rings (SSSR count). The summed E-state index contributed by atoms with van der Waals surface area (Å²) in [5, 5.41) is 16.7. The number of anilines is 1. The van der Waals surface area contributed by atoms with E-state index < -0.39 is 4.92 Å². The number of nitrogens with zero attached hydrogens (tertiary/aromatic N) is 2. The summed E-state index contributed by atoms with van der Waals surface area (Å²) in [5.74, 6) is -0.0755. The monoisotopic (exact) mass is 390 g/mol. The molecule has 28 heavy (non-hydrogen) atoms. The number of piperidine rings is 1. The zero-order chi connectivity index (χ0) is 20.5. The number of aryl methyl sites for hydroxylation is 1. The fraction of sp³-hybridized carbons (Fsp3) is 0.600. The lowest BCUT2D eigenvalue weighted by molar-refractivity contribution is -0.385. The number of carbonyl (C=O) groups is 2. The van der Waals surface area contributed by atoms with Gasteiger partial charge >= 0.3 is 0 Å². The number of benzene rings is 1. The van der Waals surface area contributed by atoms with Gasteiger partial charge in [0, 0.05) is 29.8 Å². The summed E-state index contributed by atoms with van der Waals surface area (Å²) in [6.45, 7) is 6.12. The molecule has 0 bridgehead atoms. The normalized spacial score (nSPS) is 15.2. The first-order valence-electron chi connectivity index (χ1n) is 9.95. The molecule has 154 valence electrons. The summed E-state index contributed by atoms with van der Waals surface area (Å²) in [7, 11) is 0. The van der Waals surface area contributed by atoms with Gasteiger partial charge in [-0.2, -0.15) is 0 Å². The molecule has 8 nitrogen and oxygen atoms in total. The van der Waals surface area contributed by atoms with Crippen molar-refractivity contribution in [1.29, 1.82) is 0 Å². The molecule has 0 atom stereocenters. The molecule has 2 amide bonds. The number of carbonyl (C=O) groups excluding carboxylic acids is 2. The molecule has 1 aliphatic heterocycles. The Labute approximate surface area is 165 Å². The van der Waals surface area contributed by atoms with Gasteiger partial charge in [0.2, 0.25) is 11.8 Å². The molecule has 1 aliphatic rings. The van der Waals surface area contributed by atoms with E-state index >= 15 is 0 Å². The number of amides is 2. The van der Waals surface area contributed by atoms with Gasteiger partial charge in [-0.15, -0.1) is 0 Å². The third-order valence-corrected chi connectivity index (χ3v) is 5.09. The van der Waals surface area contributed by atoms with Gasteiger partial charge in [0.05, 0.1) is 11.5 Å². The molecular formula is C20H30N4O4. The second-order valence-corrected chi connectivity index (χ2v) is 7.36. The van der Waals surface area contributed by atoms with E-state index in [-0.39, 0.29) is 30.0 Å². The Morgan fingerprint density at radius 1 is 1.25 bits per heavy atom.